The first-order chi connectivity index (χ1) is 17.4. The van der Waals surface area contributed by atoms with E-state index in [9.17, 15) is 10.2 Å². The van der Waals surface area contributed by atoms with E-state index in [2.05, 4.69) is 56.9 Å². The van der Waals surface area contributed by atoms with E-state index in [4.69, 9.17) is 0 Å². The highest BCUT2D eigenvalue weighted by molar-refractivity contribution is 5.22. The highest BCUT2D eigenvalue weighted by Crippen LogP contribution is 2.77. The molecule has 1 aromatic rings. The molecule has 37 heavy (non-hydrogen) atoms. The maximum absolute atomic E-state index is 11.0. The standard InChI is InChI=1S/C33H52N2O2/c1-22(19-35-18-17-34-21-35)23-9-14-33(20-36)16-15-31(5)24(28(23)33)7-8-26-30(4)12-11-27(37)29(2,3)25(30)10-13-32(26,31)6/h17-18,21,23-28,36-37H,1,7-16,19-20H2,2-6H3/t23-,24+,25-,26+,27?,28+,30-,31+,32+,33+/m0/s1. The van der Waals surface area contributed by atoms with E-state index in [1.54, 1.807) is 0 Å². The molecule has 6 rings (SSSR count). The molecule has 5 aliphatic carbocycles. The lowest BCUT2D eigenvalue weighted by Gasteiger charge is -2.73. The highest BCUT2D eigenvalue weighted by atomic mass is 16.3. The third-order valence-electron chi connectivity index (χ3n) is 14.4. The average Bonchev–Trinajstić information content (AvgIpc) is 3.50. The monoisotopic (exact) mass is 508 g/mol. The second-order valence-corrected chi connectivity index (χ2v) is 15.6. The van der Waals surface area contributed by atoms with Gasteiger partial charge in [-0.15, -0.1) is 0 Å². The molecule has 5 aliphatic rings. The Labute approximate surface area is 225 Å². The Kier molecular flexibility index (Phi) is 5.95. The first-order valence-electron chi connectivity index (χ1n) is 15.4. The topological polar surface area (TPSA) is 58.3 Å². The summed E-state index contributed by atoms with van der Waals surface area (Å²) in [5, 5.41) is 21.9. The summed E-state index contributed by atoms with van der Waals surface area (Å²) in [5.41, 5.74) is 2.36. The zero-order valence-corrected chi connectivity index (χ0v) is 24.2. The fourth-order valence-electron chi connectivity index (χ4n) is 12.2. The van der Waals surface area contributed by atoms with Crippen molar-refractivity contribution in [1.82, 2.24) is 9.55 Å². The SMILES string of the molecule is C=C(Cn1ccnc1)[C@@H]1CC[C@]2(CO)CC[C@]3(C)[C@H](CC[C@@H]4[C@@]5(C)CCC(O)C(C)(C)[C@@H]5CC[C@]43C)[C@@H]12. The lowest BCUT2D eigenvalue weighted by Crippen LogP contribution is -2.66. The number of fused-ring (bicyclic) bond motifs is 7. The number of imidazole rings is 1. The van der Waals surface area contributed by atoms with Crippen LogP contribution in [-0.2, 0) is 6.54 Å². The molecule has 1 heterocycles. The third-order valence-corrected chi connectivity index (χ3v) is 14.4. The van der Waals surface area contributed by atoms with Crippen LogP contribution in [0.25, 0.3) is 0 Å². The molecule has 0 saturated heterocycles. The van der Waals surface area contributed by atoms with Crippen LogP contribution in [0.1, 0.15) is 98.8 Å². The van der Waals surface area contributed by atoms with Crippen molar-refractivity contribution in [3.63, 3.8) is 0 Å². The lowest BCUT2D eigenvalue weighted by molar-refractivity contribution is -0.249. The van der Waals surface area contributed by atoms with Crippen LogP contribution in [0.15, 0.2) is 30.9 Å². The Bertz CT molecular complexity index is 1030. The van der Waals surface area contributed by atoms with Gasteiger partial charge in [0.2, 0.25) is 0 Å². The second-order valence-electron chi connectivity index (χ2n) is 15.6. The summed E-state index contributed by atoms with van der Waals surface area (Å²) in [6, 6.07) is 0. The second kappa shape index (κ2) is 8.43. The molecule has 4 heteroatoms. The predicted molar refractivity (Wildman–Crippen MR) is 149 cm³/mol. The summed E-state index contributed by atoms with van der Waals surface area (Å²) in [6.45, 7) is 18.5. The van der Waals surface area contributed by atoms with Gasteiger partial charge in [-0.25, -0.2) is 4.98 Å². The maximum Gasteiger partial charge on any atom is 0.0948 e. The molecule has 5 saturated carbocycles. The molecule has 0 aromatic carbocycles. The van der Waals surface area contributed by atoms with Crippen LogP contribution < -0.4 is 0 Å². The molecule has 5 fully saturated rings. The summed E-state index contributed by atoms with van der Waals surface area (Å²) in [7, 11) is 0. The van der Waals surface area contributed by atoms with E-state index in [0.29, 0.717) is 46.5 Å². The van der Waals surface area contributed by atoms with E-state index in [1.807, 2.05) is 12.5 Å². The van der Waals surface area contributed by atoms with Gasteiger partial charge in [-0.2, -0.15) is 0 Å². The minimum absolute atomic E-state index is 0.00625. The van der Waals surface area contributed by atoms with Gasteiger partial charge >= 0.3 is 0 Å². The first-order valence-corrected chi connectivity index (χ1v) is 15.4. The van der Waals surface area contributed by atoms with E-state index in [1.165, 1.54) is 56.9 Å². The minimum atomic E-state index is -0.164. The molecule has 206 valence electrons. The molecule has 0 bridgehead atoms. The Balaban J connectivity index is 1.35. The van der Waals surface area contributed by atoms with Crippen molar-refractivity contribution in [2.24, 2.45) is 56.7 Å². The van der Waals surface area contributed by atoms with Gasteiger partial charge in [0.15, 0.2) is 0 Å². The number of aliphatic hydroxyl groups is 2. The van der Waals surface area contributed by atoms with Gasteiger partial charge in [0.05, 0.1) is 12.4 Å². The Hall–Kier alpha value is -1.13. The van der Waals surface area contributed by atoms with Gasteiger partial charge < -0.3 is 14.8 Å². The first kappa shape index (κ1) is 26.1. The van der Waals surface area contributed by atoms with Gasteiger partial charge in [-0.3, -0.25) is 0 Å². The van der Waals surface area contributed by atoms with Crippen LogP contribution in [-0.4, -0.2) is 32.5 Å². The molecule has 2 N–H and O–H groups in total. The molecular formula is C33H52N2O2. The van der Waals surface area contributed by atoms with Crippen molar-refractivity contribution < 1.29 is 10.2 Å². The Morgan fingerprint density at radius 1 is 0.919 bits per heavy atom. The number of aliphatic hydroxyl groups excluding tert-OH is 2. The van der Waals surface area contributed by atoms with Crippen molar-refractivity contribution in [3.8, 4) is 0 Å². The van der Waals surface area contributed by atoms with Gasteiger partial charge in [0.1, 0.15) is 0 Å². The van der Waals surface area contributed by atoms with E-state index < -0.39 is 0 Å². The fourth-order valence-corrected chi connectivity index (χ4v) is 12.2. The van der Waals surface area contributed by atoms with Gasteiger partial charge in [-0.1, -0.05) is 46.8 Å². The summed E-state index contributed by atoms with van der Waals surface area (Å²) in [6.07, 6.45) is 17.7. The van der Waals surface area contributed by atoms with Gasteiger partial charge in [-0.05, 0) is 121 Å². The molecule has 1 unspecified atom stereocenters. The zero-order chi connectivity index (χ0) is 26.4. The van der Waals surface area contributed by atoms with E-state index in [0.717, 1.165) is 25.3 Å². The van der Waals surface area contributed by atoms with Crippen LogP contribution in [0.2, 0.25) is 0 Å². The van der Waals surface area contributed by atoms with Crippen molar-refractivity contribution in [2.45, 2.75) is 111 Å². The van der Waals surface area contributed by atoms with Crippen LogP contribution in [0.3, 0.4) is 0 Å². The van der Waals surface area contributed by atoms with Crippen LogP contribution in [0.5, 0.6) is 0 Å². The minimum Gasteiger partial charge on any atom is -0.396 e. The summed E-state index contributed by atoms with van der Waals surface area (Å²) in [5.74, 6) is 3.03. The highest BCUT2D eigenvalue weighted by Gasteiger charge is 2.70. The molecule has 0 amide bonds. The van der Waals surface area contributed by atoms with Crippen molar-refractivity contribution >= 4 is 0 Å². The quantitative estimate of drug-likeness (QED) is 0.436. The largest absolute Gasteiger partial charge is 0.396 e. The molecule has 0 spiro atoms. The summed E-state index contributed by atoms with van der Waals surface area (Å²) < 4.78 is 2.17. The molecule has 4 nitrogen and oxygen atoms in total. The number of allylic oxidation sites excluding steroid dienone is 1. The van der Waals surface area contributed by atoms with Crippen molar-refractivity contribution in [1.29, 1.82) is 0 Å². The van der Waals surface area contributed by atoms with Crippen LogP contribution in [0.4, 0.5) is 0 Å². The van der Waals surface area contributed by atoms with Crippen molar-refractivity contribution in [3.05, 3.63) is 30.9 Å². The summed E-state index contributed by atoms with van der Waals surface area (Å²) >= 11 is 0. The normalized spacial score (nSPS) is 50.5. The Morgan fingerprint density at radius 3 is 2.41 bits per heavy atom. The van der Waals surface area contributed by atoms with Gasteiger partial charge in [0, 0.05) is 25.5 Å². The molecular weight excluding hydrogens is 456 g/mol. The van der Waals surface area contributed by atoms with Gasteiger partial charge in [0.25, 0.3) is 0 Å². The average molecular weight is 509 g/mol. The predicted octanol–water partition coefficient (Wildman–Crippen LogP) is 6.87. The van der Waals surface area contributed by atoms with Crippen molar-refractivity contribution in [2.75, 3.05) is 6.61 Å². The maximum atomic E-state index is 11.0. The number of hydrogen-bond donors (Lipinski definition) is 2. The smallest absolute Gasteiger partial charge is 0.0948 e. The molecule has 1 aromatic heterocycles. The molecule has 10 atom stereocenters. The number of rotatable bonds is 4. The Morgan fingerprint density at radius 2 is 1.70 bits per heavy atom. The summed E-state index contributed by atoms with van der Waals surface area (Å²) in [4.78, 5) is 4.26. The van der Waals surface area contributed by atoms with E-state index >= 15 is 0 Å². The lowest BCUT2D eigenvalue weighted by atomic mass is 9.32. The molecule has 0 aliphatic heterocycles. The zero-order valence-electron chi connectivity index (χ0n) is 24.2. The van der Waals surface area contributed by atoms with Crippen LogP contribution >= 0.6 is 0 Å². The number of hydrogen-bond acceptors (Lipinski definition) is 3. The van der Waals surface area contributed by atoms with E-state index in [-0.39, 0.29) is 16.9 Å². The third kappa shape index (κ3) is 3.36. The number of aromatic nitrogens is 2. The van der Waals surface area contributed by atoms with Crippen LogP contribution in [0, 0.1) is 56.7 Å². The number of nitrogens with zero attached hydrogens (tertiary/aromatic N) is 2. The molecule has 0 radical (unpaired) electrons. The fraction of sp³-hybridized carbons (Fsp3) is 0.848.